The number of benzene rings is 3. The van der Waals surface area contributed by atoms with Gasteiger partial charge >= 0.3 is 38.2 Å². The Balaban J connectivity index is 0.000000139. The van der Waals surface area contributed by atoms with Crippen molar-refractivity contribution < 1.29 is 41.5 Å². The van der Waals surface area contributed by atoms with Crippen molar-refractivity contribution in [3.63, 3.8) is 0 Å². The SMILES string of the molecule is CC1(C)OB(B2OC(C)(C)C(C)(C)O2)OC1(C)C.Cc1cnccc1-c1cc(-c2c(C)noc2C)cc2[nH]c(=O)n(C)c12.Cc1cnccc1Br.Cc1noc(C)c1-c1cc(B2OC(C)(C)C(C)(C)O2)c2c(c1)n(C)c(=O)n2C.Cc1noc(C)c1-c1cc(Br)c2c(c1)n(C)c(=O)n2C. The number of nitrogens with one attached hydrogen (secondary N) is 1. The molecule has 0 unspecified atom stereocenters. The maximum absolute atomic E-state index is 12.7. The van der Waals surface area contributed by atoms with E-state index in [1.807, 2.05) is 193 Å². The van der Waals surface area contributed by atoms with Crippen LogP contribution in [-0.4, -0.2) is 108 Å². The molecule has 23 nitrogen and oxygen atoms in total. The monoisotopic (exact) mass is 1480 g/mol. The van der Waals surface area contributed by atoms with Crippen molar-refractivity contribution in [3.05, 3.63) is 159 Å². The Hall–Kier alpha value is -7.69. The fourth-order valence-electron chi connectivity index (χ4n) is 12.4. The molecule has 3 aromatic carbocycles. The van der Waals surface area contributed by atoms with Crippen LogP contribution in [0.4, 0.5) is 0 Å². The minimum Gasteiger partial charge on any atom is -0.405 e. The number of H-pyrrole nitrogens is 1. The molecule has 0 spiro atoms. The van der Waals surface area contributed by atoms with E-state index in [-0.39, 0.29) is 39.5 Å². The molecule has 0 bridgehead atoms. The summed E-state index contributed by atoms with van der Waals surface area (Å²) in [7, 11) is 7.33. The van der Waals surface area contributed by atoms with Gasteiger partial charge in [-0.3, -0.25) is 32.8 Å². The fourth-order valence-corrected chi connectivity index (χ4v) is 13.3. The molecule has 0 radical (unpaired) electrons. The van der Waals surface area contributed by atoms with E-state index in [0.717, 1.165) is 132 Å². The number of hydrogen-bond acceptors (Lipinski definition) is 17. The summed E-state index contributed by atoms with van der Waals surface area (Å²) in [4.78, 5) is 47.9. The molecule has 0 aliphatic carbocycles. The van der Waals surface area contributed by atoms with Crippen molar-refractivity contribution in [2.75, 3.05) is 0 Å². The molecular formula is C71H88B3Br2N11O12. The number of rotatable bonds is 6. The smallest absolute Gasteiger partial charge is 0.405 e. The van der Waals surface area contributed by atoms with Crippen LogP contribution >= 0.6 is 31.9 Å². The summed E-state index contributed by atoms with van der Waals surface area (Å²) < 4.78 is 62.6. The quantitative estimate of drug-likeness (QED) is 0.152. The van der Waals surface area contributed by atoms with Crippen LogP contribution < -0.4 is 22.5 Å². The molecule has 3 saturated heterocycles. The number of nitrogens with zero attached hydrogens (tertiary/aromatic N) is 10. The number of pyridine rings is 2. The first-order chi connectivity index (χ1) is 46.0. The molecular weight excluding hydrogens is 1390 g/mol. The van der Waals surface area contributed by atoms with Crippen molar-refractivity contribution >= 4 is 91.6 Å². The lowest BCUT2D eigenvalue weighted by molar-refractivity contribution is 0.00578. The topological polar surface area (TPSA) is 251 Å². The van der Waals surface area contributed by atoms with Gasteiger partial charge in [-0.1, -0.05) is 37.5 Å². The normalized spacial score (nSPS) is 16.9. The highest BCUT2D eigenvalue weighted by Gasteiger charge is 2.64. The summed E-state index contributed by atoms with van der Waals surface area (Å²) >= 11 is 6.91. The number of aromatic nitrogens is 11. The van der Waals surface area contributed by atoms with Crippen molar-refractivity contribution in [1.82, 2.24) is 53.3 Å². The lowest BCUT2D eigenvalue weighted by Crippen LogP contribution is -2.41. The number of aromatic amines is 1. The predicted molar refractivity (Wildman–Crippen MR) is 395 cm³/mol. The van der Waals surface area contributed by atoms with Crippen LogP contribution in [0.1, 0.15) is 129 Å². The Morgan fingerprint density at radius 2 is 0.818 bits per heavy atom. The van der Waals surface area contributed by atoms with Gasteiger partial charge in [-0.2, -0.15) is 0 Å². The van der Waals surface area contributed by atoms with Crippen LogP contribution in [0.5, 0.6) is 0 Å². The number of hydrogen-bond donors (Lipinski definition) is 1. The largest absolute Gasteiger partial charge is 0.497 e. The second-order valence-electron chi connectivity index (χ2n) is 28.7. The summed E-state index contributed by atoms with van der Waals surface area (Å²) in [6.45, 7) is 39.7. The van der Waals surface area contributed by atoms with Gasteiger partial charge in [-0.15, -0.1) is 0 Å². The van der Waals surface area contributed by atoms with E-state index in [2.05, 4.69) is 68.3 Å². The lowest BCUT2D eigenvalue weighted by Gasteiger charge is -2.32. The van der Waals surface area contributed by atoms with Crippen molar-refractivity contribution in [3.8, 4) is 44.5 Å². The summed E-state index contributed by atoms with van der Waals surface area (Å²) in [5.74, 6) is 2.26. The Morgan fingerprint density at radius 3 is 1.22 bits per heavy atom. The molecule has 0 atom stereocenters. The summed E-state index contributed by atoms with van der Waals surface area (Å²) in [6.07, 6.45) is 7.18. The summed E-state index contributed by atoms with van der Waals surface area (Å²) in [5.41, 5.74) is 15.7. The summed E-state index contributed by atoms with van der Waals surface area (Å²) in [5, 5.41) is 12.1. The minimum atomic E-state index is -0.582. The Kier molecular flexibility index (Phi) is 20.2. The van der Waals surface area contributed by atoms with Gasteiger partial charge in [0.25, 0.3) is 0 Å². The van der Waals surface area contributed by atoms with Gasteiger partial charge in [0.1, 0.15) is 17.3 Å². The Morgan fingerprint density at radius 1 is 0.424 bits per heavy atom. The summed E-state index contributed by atoms with van der Waals surface area (Å²) in [6, 6.07) is 16.0. The number of imidazole rings is 3. The van der Waals surface area contributed by atoms with Gasteiger partial charge in [0.2, 0.25) is 0 Å². The predicted octanol–water partition coefficient (Wildman–Crippen LogP) is 13.3. The molecule has 3 fully saturated rings. The molecule has 0 amide bonds. The van der Waals surface area contributed by atoms with E-state index >= 15 is 0 Å². The third-order valence-corrected chi connectivity index (χ3v) is 21.7. The van der Waals surface area contributed by atoms with Crippen molar-refractivity contribution in [1.29, 1.82) is 0 Å². The number of fused-ring (bicyclic) bond motifs is 3. The second kappa shape index (κ2) is 27.0. The van der Waals surface area contributed by atoms with Crippen LogP contribution in [0.3, 0.4) is 0 Å². The molecule has 99 heavy (non-hydrogen) atoms. The van der Waals surface area contributed by atoms with Crippen molar-refractivity contribution in [2.45, 2.75) is 172 Å². The zero-order valence-corrected chi connectivity index (χ0v) is 64.5. The zero-order chi connectivity index (χ0) is 72.9. The van der Waals surface area contributed by atoms with Gasteiger partial charge in [0.15, 0.2) is 0 Å². The minimum absolute atomic E-state index is 0.0448. The molecule has 1 N–H and O–H groups in total. The molecule has 522 valence electrons. The average Bonchev–Trinajstić information content (AvgIpc) is 1.61. The lowest BCUT2D eigenvalue weighted by atomic mass is 9.49. The van der Waals surface area contributed by atoms with Gasteiger partial charge < -0.3 is 46.5 Å². The van der Waals surface area contributed by atoms with Crippen LogP contribution in [-0.2, 0) is 63.2 Å². The molecule has 3 aliphatic rings. The molecule has 3 aliphatic heterocycles. The molecule has 0 saturated carbocycles. The first-order valence-electron chi connectivity index (χ1n) is 32.6. The van der Waals surface area contributed by atoms with E-state index in [9.17, 15) is 14.4 Å². The first kappa shape index (κ1) is 74.0. The van der Waals surface area contributed by atoms with E-state index in [4.69, 9.17) is 41.5 Å². The van der Waals surface area contributed by atoms with E-state index < -0.39 is 32.3 Å². The van der Waals surface area contributed by atoms with E-state index in [1.165, 1.54) is 5.56 Å². The highest BCUT2D eigenvalue weighted by Crippen LogP contribution is 2.44. The highest BCUT2D eigenvalue weighted by atomic mass is 79.9. The zero-order valence-electron chi connectivity index (χ0n) is 61.3. The van der Waals surface area contributed by atoms with Gasteiger partial charge in [-0.25, -0.2) is 14.4 Å². The van der Waals surface area contributed by atoms with Crippen LogP contribution in [0.2, 0.25) is 0 Å². The van der Waals surface area contributed by atoms with Crippen LogP contribution in [0, 0.1) is 55.4 Å². The first-order valence-corrected chi connectivity index (χ1v) is 34.2. The maximum atomic E-state index is 12.7. The Bertz CT molecular complexity index is 4940. The van der Waals surface area contributed by atoms with E-state index in [1.54, 1.807) is 70.5 Å². The fraction of sp³-hybridized carbons (Fsp3) is 0.437. The molecule has 8 aromatic heterocycles. The third kappa shape index (κ3) is 13.8. The number of halogens is 2. The van der Waals surface area contributed by atoms with Crippen LogP contribution in [0.25, 0.3) is 77.6 Å². The van der Waals surface area contributed by atoms with Gasteiger partial charge in [0.05, 0.1) is 83.8 Å². The molecule has 11 aromatic rings. The van der Waals surface area contributed by atoms with Gasteiger partial charge in [-0.05, 0) is 230 Å². The second-order valence-corrected chi connectivity index (χ2v) is 30.4. The molecule has 28 heteroatoms. The van der Waals surface area contributed by atoms with E-state index in [0.29, 0.717) is 0 Å². The molecule has 11 heterocycles. The number of aryl methyl sites for hydroxylation is 13. The maximum Gasteiger partial charge on any atom is 0.497 e. The Labute approximate surface area is 593 Å². The van der Waals surface area contributed by atoms with Crippen LogP contribution in [0.15, 0.2) is 110 Å². The third-order valence-electron chi connectivity index (χ3n) is 20.2. The highest BCUT2D eigenvalue weighted by molar-refractivity contribution is 9.11. The standard InChI is InChI=1S/C20H26BN3O4.C19H18N4O2.C14H14BrN3O2.C12H24B2O4.C6H6BrN/c1-11-16(12(2)26-22-11)13-9-14(21-27-19(3,4)20(5,6)28-21)17-15(10-13)23(7)18(25)24(17)8;1-10-9-20-6-5-14(10)15-7-13(17-11(2)22-25-12(17)3)8-16-18(15)23(4)19(24)21-16;1-7-12(8(2)20-16-7)9-5-10(15)13-11(6-9)17(3)14(19)18(13)4;1-9(2)10(3,4)16-13(15-9)14-17-11(5,6)12(7,8)18-14;1-5-4-8-3-2-6(5)7/h9-10H,1-8H3;5-9H,1-4H3,(H,21,24);5-6H,1-4H3;1-8H3;2-4H,1H3. The van der Waals surface area contributed by atoms with Crippen molar-refractivity contribution in [2.24, 2.45) is 35.2 Å². The van der Waals surface area contributed by atoms with Gasteiger partial charge in [0, 0.05) is 96.7 Å². The average molecular weight is 1480 g/mol. The molecule has 14 rings (SSSR count).